The van der Waals surface area contributed by atoms with Crippen molar-refractivity contribution in [2.24, 2.45) is 0 Å². The van der Waals surface area contributed by atoms with Gasteiger partial charge in [0, 0.05) is 32.7 Å². The van der Waals surface area contributed by atoms with Crippen molar-refractivity contribution in [3.63, 3.8) is 0 Å². The van der Waals surface area contributed by atoms with Crippen LogP contribution >= 0.6 is 11.3 Å². The van der Waals surface area contributed by atoms with Gasteiger partial charge in [-0.3, -0.25) is 9.69 Å². The molecule has 0 unspecified atom stereocenters. The first-order valence-corrected chi connectivity index (χ1v) is 6.89. The molecular weight excluding hydrogens is 268 g/mol. The average Bonchev–Trinajstić information content (AvgIpc) is 2.89. The van der Waals surface area contributed by atoms with Crippen LogP contribution in [0.15, 0.2) is 12.1 Å². The van der Waals surface area contributed by atoms with Crippen molar-refractivity contribution in [3.05, 3.63) is 21.9 Å². The van der Waals surface area contributed by atoms with Crippen LogP contribution < -0.4 is 0 Å². The molecular formula is C12H16N2O4S. The Balaban J connectivity index is 1.95. The lowest BCUT2D eigenvalue weighted by atomic mass is 10.3. The highest BCUT2D eigenvalue weighted by atomic mass is 32.1. The van der Waals surface area contributed by atoms with Crippen molar-refractivity contribution in [3.8, 4) is 0 Å². The number of rotatable bonds is 4. The van der Waals surface area contributed by atoms with Crippen LogP contribution in [0.3, 0.4) is 0 Å². The van der Waals surface area contributed by atoms with Gasteiger partial charge in [0.2, 0.25) is 0 Å². The molecule has 0 aromatic carbocycles. The third-order valence-corrected chi connectivity index (χ3v) is 4.16. The fourth-order valence-corrected chi connectivity index (χ4v) is 2.85. The van der Waals surface area contributed by atoms with Crippen LogP contribution in [-0.4, -0.2) is 71.2 Å². The lowest BCUT2D eigenvalue weighted by Gasteiger charge is -2.34. The average molecular weight is 284 g/mol. The van der Waals surface area contributed by atoms with Gasteiger partial charge in [0.15, 0.2) is 0 Å². The SMILES string of the molecule is O=C(O)c1ccc(C(=O)N2CCN(CCO)CC2)s1. The Labute approximate surface area is 114 Å². The molecule has 2 N–H and O–H groups in total. The summed E-state index contributed by atoms with van der Waals surface area (Å²) in [5.74, 6) is -1.11. The van der Waals surface area contributed by atoms with Crippen LogP contribution in [-0.2, 0) is 0 Å². The van der Waals surface area contributed by atoms with Crippen molar-refractivity contribution >= 4 is 23.2 Å². The molecule has 0 spiro atoms. The molecule has 1 aromatic heterocycles. The topological polar surface area (TPSA) is 81.1 Å². The van der Waals surface area contributed by atoms with Crippen LogP contribution in [0.25, 0.3) is 0 Å². The van der Waals surface area contributed by atoms with E-state index in [9.17, 15) is 9.59 Å². The molecule has 0 saturated carbocycles. The molecule has 0 bridgehead atoms. The first kappa shape index (κ1) is 14.0. The normalized spacial score (nSPS) is 16.6. The van der Waals surface area contributed by atoms with Gasteiger partial charge in [-0.1, -0.05) is 0 Å². The molecule has 2 heterocycles. The van der Waals surface area contributed by atoms with E-state index in [1.54, 1.807) is 11.0 Å². The van der Waals surface area contributed by atoms with Gasteiger partial charge in [-0.25, -0.2) is 4.79 Å². The summed E-state index contributed by atoms with van der Waals surface area (Å²) in [4.78, 5) is 27.4. The van der Waals surface area contributed by atoms with Crippen molar-refractivity contribution < 1.29 is 19.8 Å². The molecule has 1 aliphatic rings. The van der Waals surface area contributed by atoms with E-state index in [0.717, 1.165) is 24.4 Å². The molecule has 6 nitrogen and oxygen atoms in total. The molecule has 0 radical (unpaired) electrons. The number of carbonyl (C=O) groups excluding carboxylic acids is 1. The minimum absolute atomic E-state index is 0.110. The number of carboxylic acid groups (broad SMARTS) is 1. The monoisotopic (exact) mass is 284 g/mol. The quantitative estimate of drug-likeness (QED) is 0.825. The first-order chi connectivity index (χ1) is 9.11. The highest BCUT2D eigenvalue weighted by Crippen LogP contribution is 2.19. The van der Waals surface area contributed by atoms with Gasteiger partial charge in [-0.2, -0.15) is 0 Å². The molecule has 19 heavy (non-hydrogen) atoms. The van der Waals surface area contributed by atoms with Crippen molar-refractivity contribution in [2.45, 2.75) is 0 Å². The smallest absolute Gasteiger partial charge is 0.345 e. The number of β-amino-alcohol motifs (C(OH)–C–C–N with tert-alkyl or cyclic N) is 1. The zero-order chi connectivity index (χ0) is 13.8. The Bertz CT molecular complexity index is 466. The number of nitrogens with zero attached hydrogens (tertiary/aromatic N) is 2. The van der Waals surface area contributed by atoms with Gasteiger partial charge < -0.3 is 15.1 Å². The number of aromatic carboxylic acids is 1. The van der Waals surface area contributed by atoms with Crippen LogP contribution in [0.5, 0.6) is 0 Å². The molecule has 0 atom stereocenters. The number of thiophene rings is 1. The second kappa shape index (κ2) is 6.14. The molecule has 1 amide bonds. The second-order valence-electron chi connectivity index (χ2n) is 4.33. The number of aliphatic hydroxyl groups is 1. The summed E-state index contributed by atoms with van der Waals surface area (Å²) in [5.41, 5.74) is 0. The van der Waals surface area contributed by atoms with E-state index >= 15 is 0 Å². The molecule has 1 saturated heterocycles. The number of carboxylic acids is 1. The van der Waals surface area contributed by atoms with E-state index in [0.29, 0.717) is 24.5 Å². The maximum Gasteiger partial charge on any atom is 0.345 e. The van der Waals surface area contributed by atoms with Gasteiger partial charge in [-0.15, -0.1) is 11.3 Å². The van der Waals surface area contributed by atoms with Crippen LogP contribution in [0.1, 0.15) is 19.3 Å². The molecule has 1 fully saturated rings. The maximum absolute atomic E-state index is 12.2. The Hall–Kier alpha value is -1.44. The number of aliphatic hydroxyl groups excluding tert-OH is 1. The summed E-state index contributed by atoms with van der Waals surface area (Å²) in [5, 5.41) is 17.7. The van der Waals surface area contributed by atoms with Gasteiger partial charge >= 0.3 is 5.97 Å². The lowest BCUT2D eigenvalue weighted by molar-refractivity contribution is 0.0619. The fourth-order valence-electron chi connectivity index (χ4n) is 2.04. The van der Waals surface area contributed by atoms with E-state index in [2.05, 4.69) is 4.90 Å². The van der Waals surface area contributed by atoms with Crippen molar-refractivity contribution in [2.75, 3.05) is 39.3 Å². The second-order valence-corrected chi connectivity index (χ2v) is 5.41. The van der Waals surface area contributed by atoms with Crippen LogP contribution in [0.2, 0.25) is 0 Å². The summed E-state index contributed by atoms with van der Waals surface area (Å²) in [7, 11) is 0. The predicted molar refractivity (Wildman–Crippen MR) is 70.7 cm³/mol. The third-order valence-electron chi connectivity index (χ3n) is 3.10. The van der Waals surface area contributed by atoms with Gasteiger partial charge in [-0.05, 0) is 12.1 Å². The van der Waals surface area contributed by atoms with E-state index in [1.165, 1.54) is 6.07 Å². The molecule has 1 aliphatic heterocycles. The minimum Gasteiger partial charge on any atom is -0.477 e. The zero-order valence-electron chi connectivity index (χ0n) is 10.4. The Kier molecular flexibility index (Phi) is 4.52. The minimum atomic E-state index is -1.00. The lowest BCUT2D eigenvalue weighted by Crippen LogP contribution is -2.49. The summed E-state index contributed by atoms with van der Waals surface area (Å²) in [6.45, 7) is 3.45. The number of hydrogen-bond donors (Lipinski definition) is 2. The van der Waals surface area contributed by atoms with Gasteiger partial charge in [0.05, 0.1) is 11.5 Å². The number of carbonyl (C=O) groups is 2. The zero-order valence-corrected chi connectivity index (χ0v) is 11.2. The molecule has 1 aromatic rings. The number of piperazine rings is 1. The summed E-state index contributed by atoms with van der Waals surface area (Å²) < 4.78 is 0. The van der Waals surface area contributed by atoms with Crippen LogP contribution in [0.4, 0.5) is 0 Å². The van der Waals surface area contributed by atoms with Crippen molar-refractivity contribution in [1.82, 2.24) is 9.80 Å². The number of hydrogen-bond acceptors (Lipinski definition) is 5. The molecule has 2 rings (SSSR count). The van der Waals surface area contributed by atoms with Gasteiger partial charge in [0.25, 0.3) is 5.91 Å². The molecule has 7 heteroatoms. The Morgan fingerprint density at radius 3 is 2.32 bits per heavy atom. The predicted octanol–water partition coefficient (Wildman–Crippen LogP) is 0.196. The Morgan fingerprint density at radius 1 is 1.16 bits per heavy atom. The van der Waals surface area contributed by atoms with E-state index in [-0.39, 0.29) is 17.4 Å². The van der Waals surface area contributed by atoms with E-state index in [4.69, 9.17) is 10.2 Å². The van der Waals surface area contributed by atoms with E-state index < -0.39 is 5.97 Å². The number of amides is 1. The summed E-state index contributed by atoms with van der Waals surface area (Å²) >= 11 is 1.01. The highest BCUT2D eigenvalue weighted by molar-refractivity contribution is 7.15. The molecule has 0 aliphatic carbocycles. The van der Waals surface area contributed by atoms with E-state index in [1.807, 2.05) is 0 Å². The van der Waals surface area contributed by atoms with Crippen LogP contribution in [0, 0.1) is 0 Å². The largest absolute Gasteiger partial charge is 0.477 e. The molecule has 104 valence electrons. The summed E-state index contributed by atoms with van der Waals surface area (Å²) in [6, 6.07) is 3.03. The maximum atomic E-state index is 12.2. The Morgan fingerprint density at radius 2 is 1.79 bits per heavy atom. The summed E-state index contributed by atoms with van der Waals surface area (Å²) in [6.07, 6.45) is 0. The third kappa shape index (κ3) is 3.31. The standard InChI is InChI=1S/C12H16N2O4S/c15-8-7-13-3-5-14(6-4-13)11(16)9-1-2-10(19-9)12(17)18/h1-2,15H,3-8H2,(H,17,18). The first-order valence-electron chi connectivity index (χ1n) is 6.07. The fraction of sp³-hybridized carbons (Fsp3) is 0.500. The van der Waals surface area contributed by atoms with Gasteiger partial charge in [0.1, 0.15) is 4.88 Å². The highest BCUT2D eigenvalue weighted by Gasteiger charge is 2.23. The van der Waals surface area contributed by atoms with Crippen molar-refractivity contribution in [1.29, 1.82) is 0 Å².